The molecule has 0 aromatic rings. The molecule has 0 radical (unpaired) electrons. The molecular weight excluding hydrogens is 480 g/mol. The summed E-state index contributed by atoms with van der Waals surface area (Å²) in [5, 5.41) is 0. The Labute approximate surface area is 244 Å². The lowest BCUT2D eigenvalue weighted by atomic mass is 9.72. The van der Waals surface area contributed by atoms with Gasteiger partial charge < -0.3 is 0 Å². The predicted octanol–water partition coefficient (Wildman–Crippen LogP) is 11.4. The van der Waals surface area contributed by atoms with Gasteiger partial charge in [-0.2, -0.15) is 0 Å². The van der Waals surface area contributed by atoms with Gasteiger partial charge in [0, 0.05) is 11.8 Å². The first kappa shape index (κ1) is 29.6. The van der Waals surface area contributed by atoms with Gasteiger partial charge in [0.2, 0.25) is 0 Å². The molecule has 40 heavy (non-hydrogen) atoms. The zero-order valence-electron chi connectivity index (χ0n) is 24.8. The van der Waals surface area contributed by atoms with Crippen molar-refractivity contribution in [2.75, 3.05) is 0 Å². The molecule has 4 atom stereocenters. The van der Waals surface area contributed by atoms with Crippen LogP contribution in [0.5, 0.6) is 0 Å². The molecule has 0 fully saturated rings. The second-order valence-electron chi connectivity index (χ2n) is 11.7. The third kappa shape index (κ3) is 7.63. The van der Waals surface area contributed by atoms with E-state index >= 15 is 0 Å². The molecule has 0 saturated heterocycles. The Hall–Kier alpha value is -3.38. The van der Waals surface area contributed by atoms with Crippen molar-refractivity contribution in [2.24, 2.45) is 23.7 Å². The lowest BCUT2D eigenvalue weighted by molar-refractivity contribution is 0.499. The normalized spacial score (nSPS) is 23.6. The summed E-state index contributed by atoms with van der Waals surface area (Å²) < 4.78 is 0. The maximum Gasteiger partial charge on any atom is 0.0114 e. The average molecular weight is 529 g/mol. The van der Waals surface area contributed by atoms with Gasteiger partial charge in [0.1, 0.15) is 0 Å². The van der Waals surface area contributed by atoms with Crippen molar-refractivity contribution in [3.8, 4) is 0 Å². The first-order valence-corrected chi connectivity index (χ1v) is 15.3. The Bertz CT molecular complexity index is 1270. The number of allylic oxidation sites excluding steroid dienone is 23. The quantitative estimate of drug-likeness (QED) is 0.174. The molecule has 4 rings (SSSR count). The van der Waals surface area contributed by atoms with Gasteiger partial charge in [0.15, 0.2) is 0 Å². The maximum atomic E-state index is 4.15. The van der Waals surface area contributed by atoms with Crippen molar-refractivity contribution in [1.29, 1.82) is 0 Å². The van der Waals surface area contributed by atoms with Crippen molar-refractivity contribution in [3.63, 3.8) is 0 Å². The molecule has 0 bridgehead atoms. The summed E-state index contributed by atoms with van der Waals surface area (Å²) in [6, 6.07) is 0. The number of hydrogen-bond donors (Lipinski definition) is 0. The molecule has 0 N–H and O–H groups in total. The van der Waals surface area contributed by atoms with Gasteiger partial charge in [-0.3, -0.25) is 0 Å². The highest BCUT2D eigenvalue weighted by Crippen LogP contribution is 2.42. The summed E-state index contributed by atoms with van der Waals surface area (Å²) in [6.45, 7) is 16.3. The lowest BCUT2D eigenvalue weighted by Gasteiger charge is -2.32. The summed E-state index contributed by atoms with van der Waals surface area (Å²) in [6.07, 6.45) is 45.7. The molecule has 4 aliphatic rings. The minimum atomic E-state index is 0.341. The van der Waals surface area contributed by atoms with E-state index in [9.17, 15) is 0 Å². The van der Waals surface area contributed by atoms with E-state index in [2.05, 4.69) is 119 Å². The molecular formula is C40H48. The highest BCUT2D eigenvalue weighted by Gasteiger charge is 2.28. The van der Waals surface area contributed by atoms with E-state index in [0.717, 1.165) is 38.5 Å². The molecule has 0 spiro atoms. The number of hydrogen-bond acceptors (Lipinski definition) is 0. The average Bonchev–Trinajstić information content (AvgIpc) is 3.00. The highest BCUT2D eigenvalue weighted by atomic mass is 14.3. The van der Waals surface area contributed by atoms with E-state index in [-0.39, 0.29) is 0 Å². The first-order valence-electron chi connectivity index (χ1n) is 15.3. The third-order valence-corrected chi connectivity index (χ3v) is 8.93. The van der Waals surface area contributed by atoms with Gasteiger partial charge in [0.05, 0.1) is 0 Å². The van der Waals surface area contributed by atoms with Crippen LogP contribution in [0.4, 0.5) is 0 Å². The second kappa shape index (κ2) is 14.8. The largest absolute Gasteiger partial charge is 0.103 e. The fraction of sp³-hybridized carbons (Fsp3) is 0.350. The van der Waals surface area contributed by atoms with E-state index in [1.54, 1.807) is 5.57 Å². The first-order chi connectivity index (χ1) is 19.5. The molecule has 0 aromatic heterocycles. The molecule has 0 nitrogen and oxygen atoms in total. The van der Waals surface area contributed by atoms with Crippen LogP contribution in [0.3, 0.4) is 0 Å². The predicted molar refractivity (Wildman–Crippen MR) is 177 cm³/mol. The minimum absolute atomic E-state index is 0.341. The molecule has 4 aliphatic carbocycles. The Morgan fingerprint density at radius 2 is 1.68 bits per heavy atom. The van der Waals surface area contributed by atoms with Crippen LogP contribution in [0.25, 0.3) is 0 Å². The van der Waals surface area contributed by atoms with Gasteiger partial charge in [-0.15, -0.1) is 13.2 Å². The Morgan fingerprint density at radius 1 is 0.925 bits per heavy atom. The van der Waals surface area contributed by atoms with Gasteiger partial charge >= 0.3 is 0 Å². The number of rotatable bonds is 12. The molecule has 0 saturated carbocycles. The van der Waals surface area contributed by atoms with Crippen LogP contribution in [0.15, 0.2) is 156 Å². The van der Waals surface area contributed by atoms with Gasteiger partial charge in [-0.25, -0.2) is 0 Å². The fourth-order valence-electron chi connectivity index (χ4n) is 6.49. The van der Waals surface area contributed by atoms with Crippen molar-refractivity contribution in [2.45, 2.75) is 65.2 Å². The summed E-state index contributed by atoms with van der Waals surface area (Å²) in [5.41, 5.74) is 10.2. The maximum absolute atomic E-state index is 4.15. The minimum Gasteiger partial charge on any atom is -0.103 e. The van der Waals surface area contributed by atoms with Crippen molar-refractivity contribution < 1.29 is 0 Å². The van der Waals surface area contributed by atoms with Crippen LogP contribution in [0.1, 0.15) is 65.2 Å². The van der Waals surface area contributed by atoms with Crippen molar-refractivity contribution >= 4 is 0 Å². The van der Waals surface area contributed by atoms with Gasteiger partial charge in [-0.05, 0) is 93.8 Å². The SMILES string of the molecule is C=CCC(C=C)C(C=CC=C(C)C=C)C1=CC=C(C2=CC=C(C(C3=CCCC=C3)C3C=CC(C)=CC3)CC2)CC1. The Balaban J connectivity index is 1.55. The van der Waals surface area contributed by atoms with E-state index < -0.39 is 0 Å². The van der Waals surface area contributed by atoms with Gasteiger partial charge in [-0.1, -0.05) is 126 Å². The van der Waals surface area contributed by atoms with Crippen molar-refractivity contribution in [3.05, 3.63) is 156 Å². The standard InChI is InChI=1S/C40H48/c1-6-13-32(8-3)39(17-12-14-30(4)7-2)35-26-22-33(23-27-35)34-24-28-38(29-25-34)40(36-15-10-9-11-16-36)37-20-18-31(5)19-21-37/h6-8,10,12,14-20,22,24,26,28,32,37,39-40H,1-3,9,11,13,21,23,25,27,29H2,4-5H3. The topological polar surface area (TPSA) is 0 Å². The van der Waals surface area contributed by atoms with Crippen LogP contribution in [-0.4, -0.2) is 0 Å². The second-order valence-corrected chi connectivity index (χ2v) is 11.7. The van der Waals surface area contributed by atoms with E-state index in [1.807, 2.05) is 12.2 Å². The Kier molecular flexibility index (Phi) is 11.0. The monoisotopic (exact) mass is 528 g/mol. The van der Waals surface area contributed by atoms with Crippen molar-refractivity contribution in [1.82, 2.24) is 0 Å². The summed E-state index contributed by atoms with van der Waals surface area (Å²) in [5.74, 6) is 1.75. The molecule has 0 aliphatic heterocycles. The molecule has 4 unspecified atom stereocenters. The zero-order chi connectivity index (χ0) is 28.3. The lowest BCUT2D eigenvalue weighted by Crippen LogP contribution is -2.20. The van der Waals surface area contributed by atoms with Gasteiger partial charge in [0.25, 0.3) is 0 Å². The molecule has 208 valence electrons. The molecule has 0 aromatic carbocycles. The highest BCUT2D eigenvalue weighted by molar-refractivity contribution is 5.46. The zero-order valence-corrected chi connectivity index (χ0v) is 24.8. The molecule has 0 amide bonds. The van der Waals surface area contributed by atoms with Crippen LogP contribution < -0.4 is 0 Å². The summed E-state index contributed by atoms with van der Waals surface area (Å²) >= 11 is 0. The summed E-state index contributed by atoms with van der Waals surface area (Å²) in [4.78, 5) is 0. The fourth-order valence-corrected chi connectivity index (χ4v) is 6.49. The molecule has 0 heterocycles. The van der Waals surface area contributed by atoms with E-state index in [4.69, 9.17) is 0 Å². The smallest absolute Gasteiger partial charge is 0.0114 e. The van der Waals surface area contributed by atoms with Crippen LogP contribution in [0.2, 0.25) is 0 Å². The van der Waals surface area contributed by atoms with Crippen LogP contribution >= 0.6 is 0 Å². The Morgan fingerprint density at radius 3 is 2.23 bits per heavy atom. The van der Waals surface area contributed by atoms with E-state index in [0.29, 0.717) is 23.7 Å². The third-order valence-electron chi connectivity index (χ3n) is 8.93. The van der Waals surface area contributed by atoms with E-state index in [1.165, 1.54) is 46.3 Å². The van der Waals surface area contributed by atoms with Crippen LogP contribution in [0, 0.1) is 23.7 Å². The van der Waals surface area contributed by atoms with Crippen LogP contribution in [-0.2, 0) is 0 Å². The molecule has 0 heteroatoms. The summed E-state index contributed by atoms with van der Waals surface area (Å²) in [7, 11) is 0.